The van der Waals surface area contributed by atoms with E-state index >= 15 is 0 Å². The molecule has 0 aliphatic carbocycles. The van der Waals surface area contributed by atoms with Crippen LogP contribution in [-0.4, -0.2) is 53.7 Å². The van der Waals surface area contributed by atoms with Gasteiger partial charge in [0.15, 0.2) is 9.84 Å². The molecule has 0 saturated carbocycles. The van der Waals surface area contributed by atoms with Gasteiger partial charge in [0.2, 0.25) is 10.0 Å². The van der Waals surface area contributed by atoms with Crippen LogP contribution < -0.4 is 9.47 Å². The number of benzene rings is 2. The fourth-order valence-electron chi connectivity index (χ4n) is 3.28. The normalized spacial score (nSPS) is 15.9. The van der Waals surface area contributed by atoms with E-state index in [4.69, 9.17) is 9.47 Å². The second-order valence-electron chi connectivity index (χ2n) is 6.75. The molecule has 0 amide bonds. The van der Waals surface area contributed by atoms with Gasteiger partial charge in [-0.05, 0) is 61.4 Å². The molecular formula is C19H23NO6S2. The quantitative estimate of drug-likeness (QED) is 0.705. The fourth-order valence-corrected chi connectivity index (χ4v) is 6.83. The van der Waals surface area contributed by atoms with E-state index in [1.807, 2.05) is 0 Å². The van der Waals surface area contributed by atoms with Gasteiger partial charge in [-0.2, -0.15) is 4.31 Å². The lowest BCUT2D eigenvalue weighted by Crippen LogP contribution is -2.56. The SMILES string of the molecule is COc1ccc(S(=O)(=O)C2CN(S(=O)(=O)c3cc(C)c(OC)c(C)c3)C2)cc1. The molecule has 1 fully saturated rings. The van der Waals surface area contributed by atoms with Crippen molar-refractivity contribution in [3.8, 4) is 11.5 Å². The van der Waals surface area contributed by atoms with Crippen molar-refractivity contribution >= 4 is 19.9 Å². The number of ether oxygens (including phenoxy) is 2. The summed E-state index contributed by atoms with van der Waals surface area (Å²) in [6, 6.07) is 9.19. The second-order valence-corrected chi connectivity index (χ2v) is 10.9. The molecule has 9 heteroatoms. The van der Waals surface area contributed by atoms with Gasteiger partial charge in [0.05, 0.1) is 29.3 Å². The molecule has 0 radical (unpaired) electrons. The molecule has 7 nitrogen and oxygen atoms in total. The molecule has 2 aromatic rings. The average molecular weight is 426 g/mol. The third-order valence-electron chi connectivity index (χ3n) is 4.92. The third-order valence-corrected chi connectivity index (χ3v) is 8.83. The zero-order valence-electron chi connectivity index (χ0n) is 16.2. The van der Waals surface area contributed by atoms with Gasteiger partial charge >= 0.3 is 0 Å². The Bertz CT molecular complexity index is 1060. The smallest absolute Gasteiger partial charge is 0.243 e. The molecule has 0 bridgehead atoms. The molecule has 1 aliphatic rings. The molecule has 0 unspecified atom stereocenters. The van der Waals surface area contributed by atoms with Crippen molar-refractivity contribution in [3.63, 3.8) is 0 Å². The standard InChI is InChI=1S/C19H23NO6S2/c1-13-9-17(10-14(2)19(13)26-4)28(23,24)20-11-18(12-20)27(21,22)16-7-5-15(25-3)6-8-16/h5-10,18H,11-12H2,1-4H3. The van der Waals surface area contributed by atoms with Crippen LogP contribution >= 0.6 is 0 Å². The number of hydrogen-bond donors (Lipinski definition) is 0. The molecule has 152 valence electrons. The van der Waals surface area contributed by atoms with E-state index < -0.39 is 25.1 Å². The van der Waals surface area contributed by atoms with E-state index in [1.54, 1.807) is 38.1 Å². The fraction of sp³-hybridized carbons (Fsp3) is 0.368. The Kier molecular flexibility index (Phi) is 5.44. The largest absolute Gasteiger partial charge is 0.497 e. The Balaban J connectivity index is 1.80. The maximum absolute atomic E-state index is 12.9. The molecule has 28 heavy (non-hydrogen) atoms. The van der Waals surface area contributed by atoms with Gasteiger partial charge < -0.3 is 9.47 Å². The summed E-state index contributed by atoms with van der Waals surface area (Å²) < 4.78 is 62.7. The van der Waals surface area contributed by atoms with Crippen LogP contribution in [0, 0.1) is 13.8 Å². The van der Waals surface area contributed by atoms with E-state index in [1.165, 1.54) is 30.7 Å². The first-order valence-corrected chi connectivity index (χ1v) is 11.6. The summed E-state index contributed by atoms with van der Waals surface area (Å²) in [6.45, 7) is 3.41. The topological polar surface area (TPSA) is 90.0 Å². The van der Waals surface area contributed by atoms with Crippen molar-refractivity contribution in [2.75, 3.05) is 27.3 Å². The monoisotopic (exact) mass is 425 g/mol. The molecule has 1 saturated heterocycles. The molecule has 0 N–H and O–H groups in total. The molecule has 0 aromatic heterocycles. The van der Waals surface area contributed by atoms with Crippen LogP contribution in [-0.2, 0) is 19.9 Å². The van der Waals surface area contributed by atoms with E-state index in [-0.39, 0.29) is 22.9 Å². The van der Waals surface area contributed by atoms with Gasteiger partial charge in [-0.25, -0.2) is 16.8 Å². The highest BCUT2D eigenvalue weighted by Gasteiger charge is 2.44. The number of sulfonamides is 1. The lowest BCUT2D eigenvalue weighted by atomic mass is 10.1. The molecular weight excluding hydrogens is 402 g/mol. The maximum atomic E-state index is 12.9. The molecule has 0 atom stereocenters. The summed E-state index contributed by atoms with van der Waals surface area (Å²) in [6.07, 6.45) is 0. The Hall–Kier alpha value is -2.10. The Labute approximate surface area is 165 Å². The van der Waals surface area contributed by atoms with Crippen molar-refractivity contribution < 1.29 is 26.3 Å². The minimum atomic E-state index is -3.76. The van der Waals surface area contributed by atoms with Crippen molar-refractivity contribution in [3.05, 3.63) is 47.5 Å². The summed E-state index contributed by atoms with van der Waals surface area (Å²) in [5.74, 6) is 1.20. The second kappa shape index (κ2) is 7.38. The molecule has 1 heterocycles. The highest BCUT2D eigenvalue weighted by molar-refractivity contribution is 7.92. The lowest BCUT2D eigenvalue weighted by Gasteiger charge is -2.37. The lowest BCUT2D eigenvalue weighted by molar-refractivity contribution is 0.309. The van der Waals surface area contributed by atoms with Gasteiger partial charge in [0, 0.05) is 13.1 Å². The predicted molar refractivity (Wildman–Crippen MR) is 105 cm³/mol. The minimum Gasteiger partial charge on any atom is -0.497 e. The molecule has 1 aliphatic heterocycles. The summed E-state index contributed by atoms with van der Waals surface area (Å²) in [5.41, 5.74) is 1.42. The number of sulfone groups is 1. The van der Waals surface area contributed by atoms with Crippen LogP contribution in [0.1, 0.15) is 11.1 Å². The Morgan fingerprint density at radius 1 is 0.857 bits per heavy atom. The van der Waals surface area contributed by atoms with E-state index in [0.717, 1.165) is 0 Å². The van der Waals surface area contributed by atoms with Crippen LogP contribution in [0.5, 0.6) is 11.5 Å². The van der Waals surface area contributed by atoms with Gasteiger partial charge in [0.1, 0.15) is 11.5 Å². The van der Waals surface area contributed by atoms with Crippen LogP contribution in [0.15, 0.2) is 46.2 Å². The van der Waals surface area contributed by atoms with Gasteiger partial charge in [-0.1, -0.05) is 0 Å². The minimum absolute atomic E-state index is 0.0686. The number of nitrogens with zero attached hydrogens (tertiary/aromatic N) is 1. The maximum Gasteiger partial charge on any atom is 0.243 e. The molecule has 2 aromatic carbocycles. The van der Waals surface area contributed by atoms with Gasteiger partial charge in [0.25, 0.3) is 0 Å². The van der Waals surface area contributed by atoms with Crippen LogP contribution in [0.25, 0.3) is 0 Å². The molecule has 0 spiro atoms. The summed E-state index contributed by atoms with van der Waals surface area (Å²) in [5, 5.41) is -0.767. The Morgan fingerprint density at radius 2 is 1.39 bits per heavy atom. The molecule has 3 rings (SSSR count). The van der Waals surface area contributed by atoms with Crippen molar-refractivity contribution in [2.24, 2.45) is 0 Å². The number of methoxy groups -OCH3 is 2. The van der Waals surface area contributed by atoms with E-state index in [0.29, 0.717) is 22.6 Å². The zero-order valence-corrected chi connectivity index (χ0v) is 17.8. The van der Waals surface area contributed by atoms with Crippen LogP contribution in [0.2, 0.25) is 0 Å². The first-order chi connectivity index (χ1) is 13.1. The third kappa shape index (κ3) is 3.49. The zero-order chi connectivity index (χ0) is 20.7. The average Bonchev–Trinajstić information content (AvgIpc) is 2.59. The first kappa shape index (κ1) is 20.6. The van der Waals surface area contributed by atoms with Crippen molar-refractivity contribution in [1.82, 2.24) is 4.31 Å². The summed E-state index contributed by atoms with van der Waals surface area (Å²) in [7, 11) is -4.34. The number of rotatable bonds is 6. The van der Waals surface area contributed by atoms with Crippen LogP contribution in [0.3, 0.4) is 0 Å². The predicted octanol–water partition coefficient (Wildman–Crippen LogP) is 2.17. The highest BCUT2D eigenvalue weighted by atomic mass is 32.2. The highest BCUT2D eigenvalue weighted by Crippen LogP contribution is 2.32. The summed E-state index contributed by atoms with van der Waals surface area (Å²) >= 11 is 0. The van der Waals surface area contributed by atoms with Crippen molar-refractivity contribution in [2.45, 2.75) is 28.9 Å². The number of aryl methyl sites for hydroxylation is 2. The van der Waals surface area contributed by atoms with Gasteiger partial charge in [-0.3, -0.25) is 0 Å². The van der Waals surface area contributed by atoms with Gasteiger partial charge in [-0.15, -0.1) is 0 Å². The van der Waals surface area contributed by atoms with Crippen LogP contribution in [0.4, 0.5) is 0 Å². The van der Waals surface area contributed by atoms with E-state index in [2.05, 4.69) is 0 Å². The first-order valence-electron chi connectivity index (χ1n) is 8.64. The summed E-state index contributed by atoms with van der Waals surface area (Å²) in [4.78, 5) is 0.301. The Morgan fingerprint density at radius 3 is 1.86 bits per heavy atom. The van der Waals surface area contributed by atoms with Crippen molar-refractivity contribution in [1.29, 1.82) is 0 Å². The van der Waals surface area contributed by atoms with E-state index in [9.17, 15) is 16.8 Å². The number of hydrogen-bond acceptors (Lipinski definition) is 6.